The SMILES string of the molecule is Cc1cccc(CNC(=O)C(C)N(c2cc(Cl)cc(Cl)c2)S(C)(=O)=O)c1. The van der Waals surface area contributed by atoms with Gasteiger partial charge in [-0.05, 0) is 37.6 Å². The number of anilines is 1. The molecule has 0 fully saturated rings. The maximum atomic E-state index is 12.5. The van der Waals surface area contributed by atoms with E-state index in [9.17, 15) is 13.2 Å². The Kier molecular flexibility index (Phi) is 6.55. The van der Waals surface area contributed by atoms with Crippen molar-refractivity contribution >= 4 is 44.8 Å². The Bertz CT molecular complexity index is 896. The van der Waals surface area contributed by atoms with Gasteiger partial charge in [0.15, 0.2) is 0 Å². The fraction of sp³-hybridized carbons (Fsp3) is 0.278. The van der Waals surface area contributed by atoms with Crippen molar-refractivity contribution in [1.29, 1.82) is 0 Å². The number of nitrogens with one attached hydrogen (secondary N) is 1. The Morgan fingerprint density at radius 2 is 1.77 bits per heavy atom. The van der Waals surface area contributed by atoms with E-state index >= 15 is 0 Å². The Labute approximate surface area is 164 Å². The van der Waals surface area contributed by atoms with Crippen LogP contribution in [0.2, 0.25) is 10.0 Å². The van der Waals surface area contributed by atoms with Crippen molar-refractivity contribution in [3.05, 3.63) is 63.6 Å². The highest BCUT2D eigenvalue weighted by molar-refractivity contribution is 7.92. The molecule has 0 saturated carbocycles. The number of hydrogen-bond acceptors (Lipinski definition) is 3. The van der Waals surface area contributed by atoms with Crippen molar-refractivity contribution in [2.75, 3.05) is 10.6 Å². The summed E-state index contributed by atoms with van der Waals surface area (Å²) in [5, 5.41) is 3.34. The number of halogens is 2. The van der Waals surface area contributed by atoms with Crippen LogP contribution in [0.1, 0.15) is 18.1 Å². The fourth-order valence-electron chi connectivity index (χ4n) is 2.63. The lowest BCUT2D eigenvalue weighted by Crippen LogP contribution is -2.47. The summed E-state index contributed by atoms with van der Waals surface area (Å²) >= 11 is 12.0. The number of benzene rings is 2. The van der Waals surface area contributed by atoms with Crippen LogP contribution < -0.4 is 9.62 Å². The first kappa shape index (κ1) is 20.6. The summed E-state index contributed by atoms with van der Waals surface area (Å²) in [6.45, 7) is 3.78. The first-order chi connectivity index (χ1) is 12.1. The van der Waals surface area contributed by atoms with Crippen LogP contribution in [0, 0.1) is 6.92 Å². The second kappa shape index (κ2) is 8.29. The van der Waals surface area contributed by atoms with Gasteiger partial charge in [0, 0.05) is 16.6 Å². The molecule has 0 heterocycles. The van der Waals surface area contributed by atoms with Gasteiger partial charge < -0.3 is 5.32 Å². The minimum atomic E-state index is -3.73. The molecule has 0 bridgehead atoms. The van der Waals surface area contributed by atoms with Gasteiger partial charge in [-0.15, -0.1) is 0 Å². The molecule has 1 unspecified atom stereocenters. The van der Waals surface area contributed by atoms with Crippen LogP contribution in [0.25, 0.3) is 0 Å². The zero-order valence-electron chi connectivity index (χ0n) is 14.7. The van der Waals surface area contributed by atoms with E-state index in [1.165, 1.54) is 25.1 Å². The van der Waals surface area contributed by atoms with Gasteiger partial charge in [-0.2, -0.15) is 0 Å². The van der Waals surface area contributed by atoms with Gasteiger partial charge in [0.25, 0.3) is 0 Å². The van der Waals surface area contributed by atoms with E-state index in [4.69, 9.17) is 23.2 Å². The number of sulfonamides is 1. The predicted octanol–water partition coefficient (Wildman–Crippen LogP) is 3.77. The molecule has 0 aliphatic carbocycles. The lowest BCUT2D eigenvalue weighted by Gasteiger charge is -2.28. The molecule has 0 radical (unpaired) electrons. The molecule has 0 saturated heterocycles. The Morgan fingerprint density at radius 1 is 1.15 bits per heavy atom. The van der Waals surface area contributed by atoms with Crippen molar-refractivity contribution in [2.24, 2.45) is 0 Å². The number of carbonyl (C=O) groups is 1. The molecule has 0 aromatic heterocycles. The van der Waals surface area contributed by atoms with Crippen LogP contribution in [0.5, 0.6) is 0 Å². The van der Waals surface area contributed by atoms with Gasteiger partial charge in [-0.1, -0.05) is 53.0 Å². The Balaban J connectivity index is 2.23. The van der Waals surface area contributed by atoms with E-state index in [1.807, 2.05) is 31.2 Å². The van der Waals surface area contributed by atoms with Gasteiger partial charge >= 0.3 is 0 Å². The van der Waals surface area contributed by atoms with Crippen molar-refractivity contribution in [1.82, 2.24) is 5.32 Å². The molecule has 2 aromatic carbocycles. The number of nitrogens with zero attached hydrogens (tertiary/aromatic N) is 1. The molecule has 8 heteroatoms. The molecule has 5 nitrogen and oxygen atoms in total. The number of amides is 1. The molecule has 1 amide bonds. The molecule has 0 aliphatic heterocycles. The molecule has 140 valence electrons. The van der Waals surface area contributed by atoms with Gasteiger partial charge in [0.2, 0.25) is 15.9 Å². The van der Waals surface area contributed by atoms with Crippen molar-refractivity contribution in [2.45, 2.75) is 26.4 Å². The summed E-state index contributed by atoms with van der Waals surface area (Å²) in [6, 6.07) is 11.1. The molecule has 1 atom stereocenters. The zero-order chi connectivity index (χ0) is 19.5. The third-order valence-electron chi connectivity index (χ3n) is 3.74. The highest BCUT2D eigenvalue weighted by atomic mass is 35.5. The van der Waals surface area contributed by atoms with Crippen LogP contribution in [-0.2, 0) is 21.4 Å². The predicted molar refractivity (Wildman–Crippen MR) is 106 cm³/mol. The van der Waals surface area contributed by atoms with E-state index in [0.717, 1.165) is 21.7 Å². The zero-order valence-corrected chi connectivity index (χ0v) is 17.0. The van der Waals surface area contributed by atoms with Gasteiger partial charge in [0.1, 0.15) is 6.04 Å². The number of aryl methyl sites for hydroxylation is 1. The van der Waals surface area contributed by atoms with E-state index < -0.39 is 22.0 Å². The fourth-order valence-corrected chi connectivity index (χ4v) is 4.31. The van der Waals surface area contributed by atoms with Crippen molar-refractivity contribution in [3.63, 3.8) is 0 Å². The molecule has 0 spiro atoms. The van der Waals surface area contributed by atoms with Gasteiger partial charge in [0.05, 0.1) is 11.9 Å². The second-order valence-corrected chi connectivity index (χ2v) is 8.80. The molecule has 1 N–H and O–H groups in total. The average molecular weight is 415 g/mol. The molecular weight excluding hydrogens is 395 g/mol. The second-order valence-electron chi connectivity index (χ2n) is 6.07. The quantitative estimate of drug-likeness (QED) is 0.781. The topological polar surface area (TPSA) is 66.5 Å². The summed E-state index contributed by atoms with van der Waals surface area (Å²) in [5.74, 6) is -0.423. The van der Waals surface area contributed by atoms with Gasteiger partial charge in [-0.25, -0.2) is 8.42 Å². The third kappa shape index (κ3) is 5.37. The van der Waals surface area contributed by atoms with E-state index in [1.54, 1.807) is 0 Å². The lowest BCUT2D eigenvalue weighted by molar-refractivity contribution is -0.122. The summed E-state index contributed by atoms with van der Waals surface area (Å²) < 4.78 is 25.6. The lowest BCUT2D eigenvalue weighted by atomic mass is 10.1. The summed E-state index contributed by atoms with van der Waals surface area (Å²) in [4.78, 5) is 12.5. The van der Waals surface area contributed by atoms with Crippen LogP contribution in [0.4, 0.5) is 5.69 Å². The van der Waals surface area contributed by atoms with E-state index in [-0.39, 0.29) is 15.7 Å². The summed E-state index contributed by atoms with van der Waals surface area (Å²) in [6.07, 6.45) is 1.03. The minimum absolute atomic E-state index is 0.239. The molecule has 2 aromatic rings. The maximum Gasteiger partial charge on any atom is 0.243 e. The molecule has 0 aliphatic rings. The molecule has 26 heavy (non-hydrogen) atoms. The smallest absolute Gasteiger partial charge is 0.243 e. The van der Waals surface area contributed by atoms with Gasteiger partial charge in [-0.3, -0.25) is 9.10 Å². The van der Waals surface area contributed by atoms with Crippen LogP contribution in [0.3, 0.4) is 0 Å². The number of carbonyl (C=O) groups excluding carboxylic acids is 1. The molecular formula is C18H20Cl2N2O3S. The summed E-state index contributed by atoms with van der Waals surface area (Å²) in [7, 11) is -3.73. The number of rotatable bonds is 6. The maximum absolute atomic E-state index is 12.5. The standard InChI is InChI=1S/C18H20Cl2N2O3S/c1-12-5-4-6-14(7-12)11-21-18(23)13(2)22(26(3,24)25)17-9-15(19)8-16(20)10-17/h4-10,13H,11H2,1-3H3,(H,21,23). The highest BCUT2D eigenvalue weighted by Crippen LogP contribution is 2.28. The monoisotopic (exact) mass is 414 g/mol. The Hall–Kier alpha value is -1.76. The van der Waals surface area contributed by atoms with Crippen LogP contribution in [0.15, 0.2) is 42.5 Å². The average Bonchev–Trinajstić information content (AvgIpc) is 2.50. The highest BCUT2D eigenvalue weighted by Gasteiger charge is 2.29. The largest absolute Gasteiger partial charge is 0.350 e. The van der Waals surface area contributed by atoms with E-state index in [0.29, 0.717) is 6.54 Å². The first-order valence-corrected chi connectivity index (χ1v) is 10.5. The summed E-state index contributed by atoms with van der Waals surface area (Å²) in [5.41, 5.74) is 2.25. The number of hydrogen-bond donors (Lipinski definition) is 1. The normalized spacial score (nSPS) is 12.5. The van der Waals surface area contributed by atoms with Crippen LogP contribution in [-0.4, -0.2) is 26.6 Å². The first-order valence-electron chi connectivity index (χ1n) is 7.86. The Morgan fingerprint density at radius 3 is 2.31 bits per heavy atom. The van der Waals surface area contributed by atoms with Crippen molar-refractivity contribution < 1.29 is 13.2 Å². The minimum Gasteiger partial charge on any atom is -0.350 e. The van der Waals surface area contributed by atoms with Crippen molar-refractivity contribution in [3.8, 4) is 0 Å². The molecule has 2 rings (SSSR count). The third-order valence-corrected chi connectivity index (χ3v) is 5.42. The van der Waals surface area contributed by atoms with E-state index in [2.05, 4.69) is 5.32 Å². The van der Waals surface area contributed by atoms with Crippen LogP contribution >= 0.6 is 23.2 Å².